The van der Waals surface area contributed by atoms with Crippen LogP contribution in [0.2, 0.25) is 0 Å². The lowest BCUT2D eigenvalue weighted by atomic mass is 10.0. The van der Waals surface area contributed by atoms with E-state index in [1.807, 2.05) is 6.08 Å². The van der Waals surface area contributed by atoms with Crippen molar-refractivity contribution in [3.05, 3.63) is 48.6 Å². The average Bonchev–Trinajstić information content (AvgIpc) is 3.34. The molecule has 0 saturated heterocycles. The Morgan fingerprint density at radius 2 is 0.765 bits per heavy atom. The van der Waals surface area contributed by atoms with Gasteiger partial charge in [0.15, 0.2) is 0 Å². The second kappa shape index (κ2) is 57.4. The molecule has 0 radical (unpaired) electrons. The third-order valence-corrected chi connectivity index (χ3v) is 13.5. The summed E-state index contributed by atoms with van der Waals surface area (Å²) in [6.45, 7) is 4.82. The first-order valence-electron chi connectivity index (χ1n) is 29.9. The van der Waals surface area contributed by atoms with Gasteiger partial charge in [-0.05, 0) is 83.5 Å². The Bertz CT molecular complexity index is 1150. The van der Waals surface area contributed by atoms with Crippen LogP contribution in [-0.2, 0) is 14.3 Å². The van der Waals surface area contributed by atoms with Gasteiger partial charge in [0.25, 0.3) is 0 Å². The molecule has 0 rings (SSSR count). The molecule has 398 valence electrons. The lowest BCUT2D eigenvalue weighted by molar-refractivity contribution is -0.143. The molecule has 0 fully saturated rings. The summed E-state index contributed by atoms with van der Waals surface area (Å²) < 4.78 is 5.47. The van der Waals surface area contributed by atoms with Gasteiger partial charge in [0.2, 0.25) is 5.91 Å². The Labute approximate surface area is 423 Å². The standard InChI is InChI=1S/C62H115NO5/c1-3-5-7-9-11-13-15-31-36-40-44-48-52-56-62(67)68-57-53-49-45-41-37-33-30-28-26-24-22-20-18-16-17-19-21-23-25-27-29-32-35-39-43-47-51-55-61(66)63-59(58-64)60(65)54-50-46-42-38-34-14-12-10-8-6-4-2/h7,9,13,15-17,50,54,59-60,64-65H,3-6,8,10-12,14,18-49,51-53,55-58H2,1-2H3,(H,63,66)/b9-7-,15-13-,17-16-,54-50+. The van der Waals surface area contributed by atoms with Crippen molar-refractivity contribution >= 4 is 11.9 Å². The van der Waals surface area contributed by atoms with E-state index in [0.717, 1.165) is 51.4 Å². The molecule has 0 aliphatic heterocycles. The van der Waals surface area contributed by atoms with Crippen LogP contribution in [0.3, 0.4) is 0 Å². The topological polar surface area (TPSA) is 95.9 Å². The minimum absolute atomic E-state index is 0.00127. The molecule has 0 aromatic heterocycles. The van der Waals surface area contributed by atoms with Gasteiger partial charge in [-0.25, -0.2) is 0 Å². The summed E-state index contributed by atoms with van der Waals surface area (Å²) in [5.41, 5.74) is 0. The molecule has 0 heterocycles. The van der Waals surface area contributed by atoms with Crippen LogP contribution in [0.15, 0.2) is 48.6 Å². The smallest absolute Gasteiger partial charge is 0.305 e. The van der Waals surface area contributed by atoms with E-state index in [2.05, 4.69) is 55.6 Å². The Balaban J connectivity index is 3.39. The first kappa shape index (κ1) is 65.8. The number of nitrogens with one attached hydrogen (secondary N) is 1. The molecular weight excluding hydrogens is 839 g/mol. The van der Waals surface area contributed by atoms with Gasteiger partial charge in [-0.15, -0.1) is 0 Å². The van der Waals surface area contributed by atoms with Crippen LogP contribution in [0.25, 0.3) is 0 Å². The van der Waals surface area contributed by atoms with Gasteiger partial charge in [-0.1, -0.05) is 262 Å². The fourth-order valence-corrected chi connectivity index (χ4v) is 8.96. The van der Waals surface area contributed by atoms with E-state index >= 15 is 0 Å². The van der Waals surface area contributed by atoms with Crippen LogP contribution in [0.5, 0.6) is 0 Å². The lowest BCUT2D eigenvalue weighted by Gasteiger charge is -2.20. The quantitative estimate of drug-likeness (QED) is 0.0321. The molecule has 68 heavy (non-hydrogen) atoms. The van der Waals surface area contributed by atoms with Gasteiger partial charge in [-0.3, -0.25) is 9.59 Å². The van der Waals surface area contributed by atoms with Crippen LogP contribution in [0, 0.1) is 0 Å². The molecule has 2 unspecified atom stereocenters. The maximum absolute atomic E-state index is 12.4. The Hall–Kier alpha value is -2.18. The highest BCUT2D eigenvalue weighted by atomic mass is 16.5. The number of amides is 1. The van der Waals surface area contributed by atoms with Crippen LogP contribution >= 0.6 is 0 Å². The Morgan fingerprint density at radius 1 is 0.412 bits per heavy atom. The predicted octanol–water partition coefficient (Wildman–Crippen LogP) is 18.6. The van der Waals surface area contributed by atoms with Crippen molar-refractivity contribution in [2.24, 2.45) is 0 Å². The van der Waals surface area contributed by atoms with Crippen molar-refractivity contribution in [2.45, 2.75) is 321 Å². The maximum atomic E-state index is 12.4. The molecule has 6 nitrogen and oxygen atoms in total. The molecular formula is C62H115NO5. The molecule has 0 aromatic carbocycles. The van der Waals surface area contributed by atoms with Crippen molar-refractivity contribution in [3.8, 4) is 0 Å². The second-order valence-electron chi connectivity index (χ2n) is 20.3. The monoisotopic (exact) mass is 954 g/mol. The second-order valence-corrected chi connectivity index (χ2v) is 20.3. The van der Waals surface area contributed by atoms with E-state index in [1.54, 1.807) is 6.08 Å². The lowest BCUT2D eigenvalue weighted by Crippen LogP contribution is -2.45. The van der Waals surface area contributed by atoms with E-state index in [1.165, 1.54) is 231 Å². The largest absolute Gasteiger partial charge is 0.466 e. The third-order valence-electron chi connectivity index (χ3n) is 13.5. The number of aliphatic hydroxyl groups is 2. The summed E-state index contributed by atoms with van der Waals surface area (Å²) in [4.78, 5) is 24.4. The molecule has 1 amide bonds. The summed E-state index contributed by atoms with van der Waals surface area (Å²) in [7, 11) is 0. The molecule has 0 aliphatic carbocycles. The van der Waals surface area contributed by atoms with Crippen molar-refractivity contribution in [1.29, 1.82) is 0 Å². The minimum Gasteiger partial charge on any atom is -0.466 e. The molecule has 2 atom stereocenters. The number of hydrogen-bond acceptors (Lipinski definition) is 5. The SMILES string of the molecule is CCC/C=C\C/C=C\CCCCCCCC(=O)OCCCCCCCCCCCCCC/C=C\CCCCCCCCCCCCCC(=O)NC(CO)C(O)/C=C/CCCCCCCCCCC. The zero-order valence-corrected chi connectivity index (χ0v) is 45.3. The zero-order chi connectivity index (χ0) is 49.3. The number of hydrogen-bond donors (Lipinski definition) is 3. The van der Waals surface area contributed by atoms with Gasteiger partial charge >= 0.3 is 5.97 Å². The number of unbranched alkanes of at least 4 members (excludes halogenated alkanes) is 38. The van der Waals surface area contributed by atoms with E-state index in [9.17, 15) is 19.8 Å². The number of aliphatic hydroxyl groups excluding tert-OH is 2. The summed E-state index contributed by atoms with van der Waals surface area (Å²) in [6.07, 6.45) is 73.0. The zero-order valence-electron chi connectivity index (χ0n) is 45.3. The van der Waals surface area contributed by atoms with E-state index < -0.39 is 12.1 Å². The fourth-order valence-electron chi connectivity index (χ4n) is 8.96. The fraction of sp³-hybridized carbons (Fsp3) is 0.839. The van der Waals surface area contributed by atoms with Crippen molar-refractivity contribution in [2.75, 3.05) is 13.2 Å². The number of allylic oxidation sites excluding steroid dienone is 7. The molecule has 0 aromatic rings. The van der Waals surface area contributed by atoms with Crippen molar-refractivity contribution in [1.82, 2.24) is 5.32 Å². The van der Waals surface area contributed by atoms with Gasteiger partial charge in [0.1, 0.15) is 0 Å². The molecule has 3 N–H and O–H groups in total. The molecule has 0 spiro atoms. The number of carbonyl (C=O) groups excluding carboxylic acids is 2. The van der Waals surface area contributed by atoms with E-state index in [-0.39, 0.29) is 18.5 Å². The van der Waals surface area contributed by atoms with Crippen molar-refractivity contribution < 1.29 is 24.5 Å². The first-order valence-corrected chi connectivity index (χ1v) is 29.9. The van der Waals surface area contributed by atoms with Crippen LogP contribution in [-0.4, -0.2) is 47.4 Å². The van der Waals surface area contributed by atoms with Gasteiger partial charge < -0.3 is 20.3 Å². The number of ether oxygens (including phenoxy) is 1. The number of carbonyl (C=O) groups is 2. The van der Waals surface area contributed by atoms with Gasteiger partial charge in [0.05, 0.1) is 25.4 Å². The van der Waals surface area contributed by atoms with Crippen LogP contribution in [0.1, 0.15) is 309 Å². The number of esters is 1. The van der Waals surface area contributed by atoms with Crippen LogP contribution < -0.4 is 5.32 Å². The molecule has 0 bridgehead atoms. The summed E-state index contributed by atoms with van der Waals surface area (Å²) in [6, 6.07) is -0.627. The highest BCUT2D eigenvalue weighted by Gasteiger charge is 2.18. The third kappa shape index (κ3) is 53.2. The highest BCUT2D eigenvalue weighted by Crippen LogP contribution is 2.16. The first-order chi connectivity index (χ1) is 33.5. The minimum atomic E-state index is -0.844. The normalized spacial score (nSPS) is 12.9. The van der Waals surface area contributed by atoms with Crippen LogP contribution in [0.4, 0.5) is 0 Å². The van der Waals surface area contributed by atoms with E-state index in [0.29, 0.717) is 19.4 Å². The highest BCUT2D eigenvalue weighted by molar-refractivity contribution is 5.76. The maximum Gasteiger partial charge on any atom is 0.305 e. The number of rotatable bonds is 55. The summed E-state index contributed by atoms with van der Waals surface area (Å²) >= 11 is 0. The summed E-state index contributed by atoms with van der Waals surface area (Å²) in [5, 5.41) is 23.0. The van der Waals surface area contributed by atoms with Gasteiger partial charge in [0, 0.05) is 12.8 Å². The summed E-state index contributed by atoms with van der Waals surface area (Å²) in [5.74, 6) is -0.0716. The van der Waals surface area contributed by atoms with Gasteiger partial charge in [-0.2, -0.15) is 0 Å². The Kier molecular flexibility index (Phi) is 55.6. The average molecular weight is 955 g/mol. The molecule has 0 saturated carbocycles. The van der Waals surface area contributed by atoms with Crippen molar-refractivity contribution in [3.63, 3.8) is 0 Å². The molecule has 6 heteroatoms. The van der Waals surface area contributed by atoms with E-state index in [4.69, 9.17) is 4.74 Å². The molecule has 0 aliphatic rings. The Morgan fingerprint density at radius 3 is 1.19 bits per heavy atom. The predicted molar refractivity (Wildman–Crippen MR) is 296 cm³/mol.